The first kappa shape index (κ1) is 14.0. The zero-order valence-corrected chi connectivity index (χ0v) is 11.0. The van der Waals surface area contributed by atoms with Gasteiger partial charge >= 0.3 is 5.97 Å². The third-order valence-corrected chi connectivity index (χ3v) is 2.85. The predicted molar refractivity (Wildman–Crippen MR) is 69.4 cm³/mol. The molecule has 1 aromatic carbocycles. The smallest absolute Gasteiger partial charge is 0.317 e. The molecule has 0 spiro atoms. The van der Waals surface area contributed by atoms with Gasteiger partial charge in [0.05, 0.1) is 6.54 Å². The van der Waals surface area contributed by atoms with Gasteiger partial charge < -0.3 is 5.11 Å². The molecule has 0 aliphatic heterocycles. The van der Waals surface area contributed by atoms with Crippen LogP contribution in [0.4, 0.5) is 0 Å². The van der Waals surface area contributed by atoms with Crippen LogP contribution in [0.15, 0.2) is 18.2 Å². The van der Waals surface area contributed by atoms with Crippen molar-refractivity contribution in [3.8, 4) is 0 Å². The molecular weight excluding hydrogens is 238 g/mol. The quantitative estimate of drug-likeness (QED) is 0.850. The van der Waals surface area contributed by atoms with E-state index in [1.165, 1.54) is 0 Å². The van der Waals surface area contributed by atoms with Crippen molar-refractivity contribution in [3.05, 3.63) is 34.3 Å². The molecule has 0 saturated carbocycles. The summed E-state index contributed by atoms with van der Waals surface area (Å²) in [5.41, 5.74) is 2.09. The first-order chi connectivity index (χ1) is 8.02. The Labute approximate surface area is 107 Å². The average Bonchev–Trinajstić information content (AvgIpc) is 2.21. The highest BCUT2D eigenvalue weighted by molar-refractivity contribution is 6.31. The number of nitrogens with zero attached hydrogens (tertiary/aromatic N) is 1. The van der Waals surface area contributed by atoms with E-state index < -0.39 is 5.97 Å². The molecule has 0 bridgehead atoms. The number of carbonyl (C=O) groups is 1. The summed E-state index contributed by atoms with van der Waals surface area (Å²) >= 11 is 6.14. The lowest BCUT2D eigenvalue weighted by Crippen LogP contribution is -2.30. The van der Waals surface area contributed by atoms with E-state index in [-0.39, 0.29) is 6.54 Å². The van der Waals surface area contributed by atoms with Crippen LogP contribution in [0.2, 0.25) is 5.02 Å². The van der Waals surface area contributed by atoms with Gasteiger partial charge in [0.2, 0.25) is 0 Å². The second-order valence-corrected chi connectivity index (χ2v) is 4.61. The number of hydrogen-bond donors (Lipinski definition) is 1. The number of carboxylic acid groups (broad SMARTS) is 1. The molecule has 0 saturated heterocycles. The van der Waals surface area contributed by atoms with E-state index in [0.29, 0.717) is 11.6 Å². The van der Waals surface area contributed by atoms with Crippen LogP contribution in [0.3, 0.4) is 0 Å². The molecule has 4 heteroatoms. The molecule has 0 heterocycles. The van der Waals surface area contributed by atoms with Crippen molar-refractivity contribution in [1.29, 1.82) is 0 Å². The normalized spacial score (nSPS) is 10.8. The van der Waals surface area contributed by atoms with Crippen LogP contribution in [-0.2, 0) is 11.3 Å². The maximum Gasteiger partial charge on any atom is 0.317 e. The Morgan fingerprint density at radius 3 is 2.71 bits per heavy atom. The number of aryl methyl sites for hydroxylation is 1. The molecule has 0 aromatic heterocycles. The van der Waals surface area contributed by atoms with Gasteiger partial charge in [0.25, 0.3) is 0 Å². The van der Waals surface area contributed by atoms with Crippen LogP contribution in [-0.4, -0.2) is 29.1 Å². The van der Waals surface area contributed by atoms with Gasteiger partial charge in [-0.3, -0.25) is 9.69 Å². The zero-order chi connectivity index (χ0) is 12.8. The Bertz CT molecular complexity index is 393. The fraction of sp³-hybridized carbons (Fsp3) is 0.462. The van der Waals surface area contributed by atoms with E-state index in [1.807, 2.05) is 36.9 Å². The Hall–Kier alpha value is -1.06. The Balaban J connectivity index is 2.74. The van der Waals surface area contributed by atoms with Crippen LogP contribution in [0.5, 0.6) is 0 Å². The number of rotatable bonds is 6. The molecule has 0 amide bonds. The Morgan fingerprint density at radius 2 is 2.18 bits per heavy atom. The lowest BCUT2D eigenvalue weighted by Gasteiger charge is -2.20. The monoisotopic (exact) mass is 255 g/mol. The molecule has 0 aliphatic rings. The van der Waals surface area contributed by atoms with Crippen LogP contribution >= 0.6 is 11.6 Å². The second-order valence-electron chi connectivity index (χ2n) is 4.20. The Kier molecular flexibility index (Phi) is 5.45. The highest BCUT2D eigenvalue weighted by atomic mass is 35.5. The Morgan fingerprint density at radius 1 is 1.47 bits per heavy atom. The summed E-state index contributed by atoms with van der Waals surface area (Å²) in [7, 11) is 0. The van der Waals surface area contributed by atoms with Gasteiger partial charge in [-0.2, -0.15) is 0 Å². The van der Waals surface area contributed by atoms with Gasteiger partial charge in [-0.1, -0.05) is 30.7 Å². The summed E-state index contributed by atoms with van der Waals surface area (Å²) in [6, 6.07) is 5.86. The van der Waals surface area contributed by atoms with Crippen molar-refractivity contribution in [2.75, 3.05) is 13.1 Å². The topological polar surface area (TPSA) is 40.5 Å². The molecule has 1 aromatic rings. The van der Waals surface area contributed by atoms with Crippen LogP contribution in [0.25, 0.3) is 0 Å². The van der Waals surface area contributed by atoms with Crippen molar-refractivity contribution in [2.24, 2.45) is 0 Å². The fourth-order valence-corrected chi connectivity index (χ4v) is 2.04. The van der Waals surface area contributed by atoms with Gasteiger partial charge in [0.15, 0.2) is 0 Å². The maximum absolute atomic E-state index is 10.7. The second kappa shape index (κ2) is 6.62. The van der Waals surface area contributed by atoms with Crippen molar-refractivity contribution >= 4 is 17.6 Å². The van der Waals surface area contributed by atoms with Crippen molar-refractivity contribution in [2.45, 2.75) is 26.8 Å². The lowest BCUT2D eigenvalue weighted by molar-refractivity contribution is -0.138. The molecule has 0 radical (unpaired) electrons. The average molecular weight is 256 g/mol. The molecule has 0 aliphatic carbocycles. The van der Waals surface area contributed by atoms with E-state index in [0.717, 1.165) is 24.1 Å². The largest absolute Gasteiger partial charge is 0.480 e. The highest BCUT2D eigenvalue weighted by Gasteiger charge is 2.11. The van der Waals surface area contributed by atoms with E-state index in [4.69, 9.17) is 16.7 Å². The van der Waals surface area contributed by atoms with Crippen LogP contribution in [0, 0.1) is 6.92 Å². The molecule has 94 valence electrons. The van der Waals surface area contributed by atoms with Gasteiger partial charge in [-0.25, -0.2) is 0 Å². The molecule has 3 nitrogen and oxygen atoms in total. The zero-order valence-electron chi connectivity index (χ0n) is 10.2. The van der Waals surface area contributed by atoms with Crippen LogP contribution in [0.1, 0.15) is 24.5 Å². The van der Waals surface area contributed by atoms with Crippen molar-refractivity contribution in [1.82, 2.24) is 4.90 Å². The minimum Gasteiger partial charge on any atom is -0.480 e. The third kappa shape index (κ3) is 4.75. The number of aliphatic carboxylic acids is 1. The first-order valence-corrected chi connectivity index (χ1v) is 6.10. The standard InChI is InChI=1S/C13H18ClNO2/c1-3-6-15(9-13(16)17)8-11-5-4-10(2)7-12(11)14/h4-5,7H,3,6,8-9H2,1-2H3,(H,16,17). The summed E-state index contributed by atoms with van der Waals surface area (Å²) < 4.78 is 0. The van der Waals surface area contributed by atoms with E-state index >= 15 is 0 Å². The first-order valence-electron chi connectivity index (χ1n) is 5.72. The lowest BCUT2D eigenvalue weighted by atomic mass is 10.1. The maximum atomic E-state index is 10.7. The van der Waals surface area contributed by atoms with Crippen molar-refractivity contribution in [3.63, 3.8) is 0 Å². The molecule has 1 N–H and O–H groups in total. The molecule has 0 fully saturated rings. The van der Waals surface area contributed by atoms with E-state index in [9.17, 15) is 4.79 Å². The summed E-state index contributed by atoms with van der Waals surface area (Å²) in [4.78, 5) is 12.6. The number of halogens is 1. The number of hydrogen-bond acceptors (Lipinski definition) is 2. The molecule has 0 unspecified atom stereocenters. The van der Waals surface area contributed by atoms with Gasteiger partial charge in [-0.05, 0) is 37.1 Å². The van der Waals surface area contributed by atoms with Crippen molar-refractivity contribution < 1.29 is 9.90 Å². The minimum atomic E-state index is -0.804. The third-order valence-electron chi connectivity index (χ3n) is 2.50. The van der Waals surface area contributed by atoms with E-state index in [2.05, 4.69) is 0 Å². The SMILES string of the molecule is CCCN(CC(=O)O)Cc1ccc(C)cc1Cl. The van der Waals surface area contributed by atoms with E-state index in [1.54, 1.807) is 0 Å². The summed E-state index contributed by atoms with van der Waals surface area (Å²) in [5, 5.41) is 9.53. The fourth-order valence-electron chi connectivity index (χ4n) is 1.74. The van der Waals surface area contributed by atoms with Gasteiger partial charge in [0, 0.05) is 11.6 Å². The summed E-state index contributed by atoms with van der Waals surface area (Å²) in [6.45, 7) is 5.41. The van der Waals surface area contributed by atoms with Gasteiger partial charge in [0.1, 0.15) is 0 Å². The number of benzene rings is 1. The van der Waals surface area contributed by atoms with Gasteiger partial charge in [-0.15, -0.1) is 0 Å². The number of carboxylic acids is 1. The molecule has 17 heavy (non-hydrogen) atoms. The molecule has 0 atom stereocenters. The minimum absolute atomic E-state index is 0.0536. The molecular formula is C13H18ClNO2. The van der Waals surface area contributed by atoms with Crippen LogP contribution < -0.4 is 0 Å². The predicted octanol–water partition coefficient (Wildman–Crippen LogP) is 2.95. The molecule has 1 rings (SSSR count). The summed E-state index contributed by atoms with van der Waals surface area (Å²) in [5.74, 6) is -0.804. The highest BCUT2D eigenvalue weighted by Crippen LogP contribution is 2.19. The summed E-state index contributed by atoms with van der Waals surface area (Å²) in [6.07, 6.45) is 0.927.